The Morgan fingerprint density at radius 3 is 2.42 bits per heavy atom. The number of rotatable bonds is 7. The monoisotopic (exact) mass is 265 g/mol. The van der Waals surface area contributed by atoms with Crippen molar-refractivity contribution < 1.29 is 19.4 Å². The van der Waals surface area contributed by atoms with Crippen LogP contribution in [-0.4, -0.2) is 23.6 Å². The van der Waals surface area contributed by atoms with Crippen LogP contribution in [0.2, 0.25) is 0 Å². The van der Waals surface area contributed by atoms with E-state index in [0.29, 0.717) is 6.61 Å². The van der Waals surface area contributed by atoms with Gasteiger partial charge in [-0.15, -0.1) is 0 Å². The van der Waals surface area contributed by atoms with Crippen molar-refractivity contribution in [3.63, 3.8) is 0 Å². The van der Waals surface area contributed by atoms with Gasteiger partial charge in [0.05, 0.1) is 19.1 Å². The van der Waals surface area contributed by atoms with Gasteiger partial charge in [-0.2, -0.15) is 0 Å². The first-order valence-electron chi connectivity index (χ1n) is 6.24. The van der Waals surface area contributed by atoms with E-state index < -0.39 is 12.0 Å². The van der Waals surface area contributed by atoms with Crippen LogP contribution in [-0.2, 0) is 9.59 Å². The molecule has 5 heteroatoms. The fourth-order valence-electron chi connectivity index (χ4n) is 1.69. The Balaban J connectivity index is 2.77. The van der Waals surface area contributed by atoms with Crippen LogP contribution < -0.4 is 10.1 Å². The molecule has 19 heavy (non-hydrogen) atoms. The summed E-state index contributed by atoms with van der Waals surface area (Å²) >= 11 is 0. The zero-order chi connectivity index (χ0) is 14.3. The molecule has 1 aromatic rings. The van der Waals surface area contributed by atoms with Gasteiger partial charge >= 0.3 is 5.97 Å². The molecule has 104 valence electrons. The average Bonchev–Trinajstić information content (AvgIpc) is 2.35. The van der Waals surface area contributed by atoms with E-state index in [2.05, 4.69) is 5.32 Å². The van der Waals surface area contributed by atoms with Gasteiger partial charge in [-0.05, 0) is 24.1 Å². The van der Waals surface area contributed by atoms with E-state index in [1.807, 2.05) is 6.92 Å². The Bertz CT molecular complexity index is 412. The number of aliphatic carboxylic acids is 1. The third kappa shape index (κ3) is 5.42. The molecule has 0 saturated carbocycles. The highest BCUT2D eigenvalue weighted by Gasteiger charge is 2.16. The molecule has 0 aliphatic heterocycles. The number of nitrogens with one attached hydrogen (secondary N) is 1. The lowest BCUT2D eigenvalue weighted by molar-refractivity contribution is -0.137. The van der Waals surface area contributed by atoms with Crippen molar-refractivity contribution in [2.75, 3.05) is 6.61 Å². The van der Waals surface area contributed by atoms with Crippen molar-refractivity contribution in [2.24, 2.45) is 0 Å². The van der Waals surface area contributed by atoms with Crippen LogP contribution in [0.15, 0.2) is 24.3 Å². The van der Waals surface area contributed by atoms with Crippen LogP contribution in [0.1, 0.15) is 38.3 Å². The van der Waals surface area contributed by atoms with E-state index in [9.17, 15) is 9.59 Å². The summed E-state index contributed by atoms with van der Waals surface area (Å²) in [5.41, 5.74) is 0.751. The first-order valence-corrected chi connectivity index (χ1v) is 6.24. The lowest BCUT2D eigenvalue weighted by Gasteiger charge is -2.16. The van der Waals surface area contributed by atoms with Gasteiger partial charge in [-0.1, -0.05) is 19.1 Å². The van der Waals surface area contributed by atoms with Crippen molar-refractivity contribution in [2.45, 2.75) is 32.7 Å². The SMILES string of the molecule is CCCOc1ccc(C(CC(=O)O)NC(C)=O)cc1. The topological polar surface area (TPSA) is 75.6 Å². The van der Waals surface area contributed by atoms with Crippen LogP contribution in [0, 0.1) is 0 Å². The zero-order valence-electron chi connectivity index (χ0n) is 11.2. The Kier molecular flexibility index (Phi) is 5.85. The van der Waals surface area contributed by atoms with Crippen LogP contribution in [0.4, 0.5) is 0 Å². The van der Waals surface area contributed by atoms with Crippen molar-refractivity contribution in [3.05, 3.63) is 29.8 Å². The van der Waals surface area contributed by atoms with Gasteiger partial charge in [0.2, 0.25) is 5.91 Å². The van der Waals surface area contributed by atoms with E-state index in [1.165, 1.54) is 6.92 Å². The second kappa shape index (κ2) is 7.41. The summed E-state index contributed by atoms with van der Waals surface area (Å²) in [6.45, 7) is 4.03. The standard InChI is InChI=1S/C14H19NO4/c1-3-8-19-12-6-4-11(5-7-12)13(9-14(17)18)15-10(2)16/h4-7,13H,3,8-9H2,1-2H3,(H,15,16)(H,17,18). The summed E-state index contributed by atoms with van der Waals surface area (Å²) < 4.78 is 5.45. The summed E-state index contributed by atoms with van der Waals surface area (Å²) in [7, 11) is 0. The molecule has 0 saturated heterocycles. The third-order valence-corrected chi connectivity index (χ3v) is 2.51. The number of hydrogen-bond donors (Lipinski definition) is 2. The number of amides is 1. The maximum Gasteiger partial charge on any atom is 0.305 e. The Morgan fingerprint density at radius 2 is 1.95 bits per heavy atom. The quantitative estimate of drug-likeness (QED) is 0.792. The van der Waals surface area contributed by atoms with Gasteiger partial charge in [0.1, 0.15) is 5.75 Å². The second-order valence-electron chi connectivity index (χ2n) is 4.27. The molecule has 1 amide bonds. The fraction of sp³-hybridized carbons (Fsp3) is 0.429. The Morgan fingerprint density at radius 1 is 1.32 bits per heavy atom. The number of hydrogen-bond acceptors (Lipinski definition) is 3. The van der Waals surface area contributed by atoms with E-state index in [4.69, 9.17) is 9.84 Å². The fourth-order valence-corrected chi connectivity index (χ4v) is 1.69. The van der Waals surface area contributed by atoms with Crippen molar-refractivity contribution in [1.29, 1.82) is 0 Å². The predicted molar refractivity (Wildman–Crippen MR) is 71.0 cm³/mol. The first kappa shape index (κ1) is 15.0. The zero-order valence-corrected chi connectivity index (χ0v) is 11.2. The molecule has 0 bridgehead atoms. The lowest BCUT2D eigenvalue weighted by atomic mass is 10.0. The van der Waals surface area contributed by atoms with Crippen molar-refractivity contribution in [1.82, 2.24) is 5.32 Å². The minimum absolute atomic E-state index is 0.144. The molecule has 0 radical (unpaired) electrons. The normalized spacial score (nSPS) is 11.7. The minimum atomic E-state index is -0.954. The molecule has 1 rings (SSSR count). The van der Waals surface area contributed by atoms with Gasteiger partial charge in [0.25, 0.3) is 0 Å². The van der Waals surface area contributed by atoms with Gasteiger partial charge in [0.15, 0.2) is 0 Å². The highest BCUT2D eigenvalue weighted by Crippen LogP contribution is 2.20. The number of carbonyl (C=O) groups excluding carboxylic acids is 1. The molecule has 2 N–H and O–H groups in total. The summed E-state index contributed by atoms with van der Waals surface area (Å²) in [5.74, 6) is -0.467. The number of benzene rings is 1. The predicted octanol–water partition coefficient (Wildman–Crippen LogP) is 2.13. The number of carboxylic acids is 1. The number of carbonyl (C=O) groups is 2. The number of carboxylic acid groups (broad SMARTS) is 1. The molecule has 0 aliphatic rings. The van der Waals surface area contributed by atoms with E-state index in [1.54, 1.807) is 24.3 Å². The summed E-state index contributed by atoms with van der Waals surface area (Å²) in [6, 6.07) is 6.59. The lowest BCUT2D eigenvalue weighted by Crippen LogP contribution is -2.27. The first-order chi connectivity index (χ1) is 9.02. The smallest absolute Gasteiger partial charge is 0.305 e. The maximum atomic E-state index is 11.1. The van der Waals surface area contributed by atoms with Gasteiger partial charge in [-0.25, -0.2) is 0 Å². The van der Waals surface area contributed by atoms with Crippen molar-refractivity contribution >= 4 is 11.9 Å². The van der Waals surface area contributed by atoms with E-state index in [0.717, 1.165) is 17.7 Å². The van der Waals surface area contributed by atoms with Crippen LogP contribution in [0.25, 0.3) is 0 Å². The molecule has 1 aromatic carbocycles. The molecule has 1 unspecified atom stereocenters. The number of ether oxygens (including phenoxy) is 1. The second-order valence-corrected chi connectivity index (χ2v) is 4.27. The van der Waals surface area contributed by atoms with Crippen molar-refractivity contribution in [3.8, 4) is 5.75 Å². The van der Waals surface area contributed by atoms with E-state index >= 15 is 0 Å². The van der Waals surface area contributed by atoms with Crippen LogP contribution in [0.3, 0.4) is 0 Å². The maximum absolute atomic E-state index is 11.1. The molecular formula is C14H19NO4. The summed E-state index contributed by atoms with van der Waals surface area (Å²) in [4.78, 5) is 21.9. The van der Waals surface area contributed by atoms with Crippen LogP contribution >= 0.6 is 0 Å². The van der Waals surface area contributed by atoms with Crippen LogP contribution in [0.5, 0.6) is 5.75 Å². The molecule has 0 aliphatic carbocycles. The van der Waals surface area contributed by atoms with Gasteiger partial charge in [0, 0.05) is 6.92 Å². The molecule has 0 spiro atoms. The molecular weight excluding hydrogens is 246 g/mol. The summed E-state index contributed by atoms with van der Waals surface area (Å²) in [5, 5.41) is 11.5. The molecule has 5 nitrogen and oxygen atoms in total. The molecule has 0 aromatic heterocycles. The third-order valence-electron chi connectivity index (χ3n) is 2.51. The average molecular weight is 265 g/mol. The summed E-state index contributed by atoms with van der Waals surface area (Å²) in [6.07, 6.45) is 0.782. The van der Waals surface area contributed by atoms with Gasteiger partial charge < -0.3 is 15.2 Å². The molecule has 0 heterocycles. The Labute approximate surface area is 112 Å². The minimum Gasteiger partial charge on any atom is -0.494 e. The largest absolute Gasteiger partial charge is 0.494 e. The Hall–Kier alpha value is -2.04. The highest BCUT2D eigenvalue weighted by atomic mass is 16.5. The molecule has 0 fully saturated rings. The van der Waals surface area contributed by atoms with Gasteiger partial charge in [-0.3, -0.25) is 9.59 Å². The van der Waals surface area contributed by atoms with E-state index in [-0.39, 0.29) is 12.3 Å². The highest BCUT2D eigenvalue weighted by molar-refractivity contribution is 5.75. The molecule has 1 atom stereocenters.